The Morgan fingerprint density at radius 1 is 1.38 bits per heavy atom. The predicted octanol–water partition coefficient (Wildman–Crippen LogP) is 1.05. The van der Waals surface area contributed by atoms with E-state index in [0.717, 1.165) is 19.4 Å². The van der Waals surface area contributed by atoms with E-state index in [1.54, 1.807) is 7.11 Å². The Kier molecular flexibility index (Phi) is 5.77. The largest absolute Gasteiger partial charge is 0.384 e. The minimum Gasteiger partial charge on any atom is -0.384 e. The molecule has 0 aromatic heterocycles. The molecule has 0 spiro atoms. The molecule has 0 aromatic rings. The molecule has 0 aromatic carbocycles. The van der Waals surface area contributed by atoms with Crippen LogP contribution in [0.4, 0.5) is 0 Å². The molecule has 0 heterocycles. The van der Waals surface area contributed by atoms with E-state index in [9.17, 15) is 4.79 Å². The maximum atomic E-state index is 11.5. The first-order chi connectivity index (χ1) is 7.72. The van der Waals surface area contributed by atoms with Gasteiger partial charge in [0.05, 0.1) is 6.61 Å². The van der Waals surface area contributed by atoms with Crippen LogP contribution in [0, 0.1) is 5.41 Å². The fourth-order valence-corrected chi connectivity index (χ4v) is 2.32. The Morgan fingerprint density at radius 2 is 2.06 bits per heavy atom. The number of hydrogen-bond donors (Lipinski definition) is 2. The van der Waals surface area contributed by atoms with E-state index in [4.69, 9.17) is 10.5 Å². The predicted molar refractivity (Wildman–Crippen MR) is 64.1 cm³/mol. The molecule has 0 unspecified atom stereocenters. The Balaban J connectivity index is 2.30. The van der Waals surface area contributed by atoms with Gasteiger partial charge in [-0.2, -0.15) is 0 Å². The molecule has 1 rings (SSSR count). The van der Waals surface area contributed by atoms with Gasteiger partial charge in [0.15, 0.2) is 0 Å². The lowest BCUT2D eigenvalue weighted by Gasteiger charge is -2.36. The van der Waals surface area contributed by atoms with E-state index in [2.05, 4.69) is 5.32 Å². The third kappa shape index (κ3) is 4.10. The first-order valence-electron chi connectivity index (χ1n) is 6.18. The van der Waals surface area contributed by atoms with Crippen molar-refractivity contribution in [2.75, 3.05) is 26.8 Å². The standard InChI is InChI=1S/C12H24N2O2/c1-16-8-5-11(15)14-10-12(9-13)6-3-2-4-7-12/h2-10,13H2,1H3,(H,14,15). The van der Waals surface area contributed by atoms with Gasteiger partial charge in [-0.1, -0.05) is 19.3 Å². The lowest BCUT2D eigenvalue weighted by atomic mass is 9.74. The number of amides is 1. The summed E-state index contributed by atoms with van der Waals surface area (Å²) in [7, 11) is 1.61. The van der Waals surface area contributed by atoms with Crippen molar-refractivity contribution in [2.24, 2.45) is 11.1 Å². The fraction of sp³-hybridized carbons (Fsp3) is 0.917. The zero-order valence-corrected chi connectivity index (χ0v) is 10.3. The zero-order chi connectivity index (χ0) is 11.9. The molecule has 4 heteroatoms. The van der Waals surface area contributed by atoms with Crippen molar-refractivity contribution in [1.29, 1.82) is 0 Å². The van der Waals surface area contributed by atoms with Gasteiger partial charge in [0, 0.05) is 20.1 Å². The van der Waals surface area contributed by atoms with Crippen molar-refractivity contribution in [1.82, 2.24) is 5.32 Å². The Bertz CT molecular complexity index is 213. The normalized spacial score (nSPS) is 19.4. The van der Waals surface area contributed by atoms with Crippen molar-refractivity contribution in [3.05, 3.63) is 0 Å². The summed E-state index contributed by atoms with van der Waals surface area (Å²) >= 11 is 0. The van der Waals surface area contributed by atoms with Gasteiger partial charge in [-0.25, -0.2) is 0 Å². The van der Waals surface area contributed by atoms with Crippen LogP contribution in [0.2, 0.25) is 0 Å². The topological polar surface area (TPSA) is 64.3 Å². The maximum absolute atomic E-state index is 11.5. The van der Waals surface area contributed by atoms with E-state index in [1.807, 2.05) is 0 Å². The fourth-order valence-electron chi connectivity index (χ4n) is 2.32. The van der Waals surface area contributed by atoms with Gasteiger partial charge in [-0.05, 0) is 24.8 Å². The molecule has 0 atom stereocenters. The summed E-state index contributed by atoms with van der Waals surface area (Å²) < 4.78 is 4.87. The van der Waals surface area contributed by atoms with Gasteiger partial charge < -0.3 is 15.8 Å². The summed E-state index contributed by atoms with van der Waals surface area (Å²) in [6, 6.07) is 0. The number of hydrogen-bond acceptors (Lipinski definition) is 3. The molecule has 94 valence electrons. The van der Waals surface area contributed by atoms with Gasteiger partial charge >= 0.3 is 0 Å². The molecule has 4 nitrogen and oxygen atoms in total. The molecule has 16 heavy (non-hydrogen) atoms. The molecule has 0 bridgehead atoms. The third-order valence-electron chi connectivity index (χ3n) is 3.54. The van der Waals surface area contributed by atoms with Gasteiger partial charge in [-0.3, -0.25) is 4.79 Å². The van der Waals surface area contributed by atoms with Gasteiger partial charge in [0.25, 0.3) is 0 Å². The summed E-state index contributed by atoms with van der Waals surface area (Å²) in [5, 5.41) is 2.98. The summed E-state index contributed by atoms with van der Waals surface area (Å²) in [6.45, 7) is 1.89. The van der Waals surface area contributed by atoms with E-state index in [1.165, 1.54) is 19.3 Å². The van der Waals surface area contributed by atoms with Gasteiger partial charge in [-0.15, -0.1) is 0 Å². The van der Waals surface area contributed by atoms with Crippen LogP contribution < -0.4 is 11.1 Å². The molecule has 1 aliphatic rings. The summed E-state index contributed by atoms with van der Waals surface area (Å²) in [6.07, 6.45) is 6.52. The lowest BCUT2D eigenvalue weighted by Crippen LogP contribution is -2.43. The summed E-state index contributed by atoms with van der Waals surface area (Å²) in [5.74, 6) is 0.0697. The monoisotopic (exact) mass is 228 g/mol. The van der Waals surface area contributed by atoms with Gasteiger partial charge in [0.2, 0.25) is 5.91 Å². The molecular formula is C12H24N2O2. The maximum Gasteiger partial charge on any atom is 0.222 e. The van der Waals surface area contributed by atoms with Crippen molar-refractivity contribution in [3.63, 3.8) is 0 Å². The van der Waals surface area contributed by atoms with Crippen LogP contribution in [-0.2, 0) is 9.53 Å². The number of rotatable bonds is 6. The van der Waals surface area contributed by atoms with Crippen molar-refractivity contribution >= 4 is 5.91 Å². The van der Waals surface area contributed by atoms with E-state index in [0.29, 0.717) is 19.6 Å². The lowest BCUT2D eigenvalue weighted by molar-refractivity contribution is -0.122. The Morgan fingerprint density at radius 3 is 2.62 bits per heavy atom. The second kappa shape index (κ2) is 6.86. The molecule has 0 aliphatic heterocycles. The van der Waals surface area contributed by atoms with Crippen molar-refractivity contribution in [2.45, 2.75) is 38.5 Å². The zero-order valence-electron chi connectivity index (χ0n) is 10.3. The van der Waals surface area contributed by atoms with Crippen LogP contribution in [0.3, 0.4) is 0 Å². The molecule has 0 radical (unpaired) electrons. The summed E-state index contributed by atoms with van der Waals surface area (Å²) in [5.41, 5.74) is 6.00. The number of nitrogens with one attached hydrogen (secondary N) is 1. The number of ether oxygens (including phenoxy) is 1. The van der Waals surface area contributed by atoms with Crippen LogP contribution in [-0.4, -0.2) is 32.7 Å². The number of methoxy groups -OCH3 is 1. The number of nitrogens with two attached hydrogens (primary N) is 1. The van der Waals surface area contributed by atoms with Crippen molar-refractivity contribution < 1.29 is 9.53 Å². The molecule has 1 fully saturated rings. The van der Waals surface area contributed by atoms with Crippen LogP contribution in [0.25, 0.3) is 0 Å². The summed E-state index contributed by atoms with van der Waals surface area (Å²) in [4.78, 5) is 11.5. The SMILES string of the molecule is COCCC(=O)NCC1(CN)CCCCC1. The van der Waals surface area contributed by atoms with Gasteiger partial charge in [0.1, 0.15) is 0 Å². The second-order valence-corrected chi connectivity index (χ2v) is 4.78. The number of carbonyl (C=O) groups excluding carboxylic acids is 1. The highest BCUT2D eigenvalue weighted by Gasteiger charge is 2.30. The molecular weight excluding hydrogens is 204 g/mol. The molecule has 1 aliphatic carbocycles. The van der Waals surface area contributed by atoms with Crippen LogP contribution in [0.1, 0.15) is 38.5 Å². The smallest absolute Gasteiger partial charge is 0.222 e. The molecule has 3 N–H and O–H groups in total. The van der Waals surface area contributed by atoms with Crippen molar-refractivity contribution in [3.8, 4) is 0 Å². The quantitative estimate of drug-likeness (QED) is 0.714. The first-order valence-corrected chi connectivity index (χ1v) is 6.18. The first kappa shape index (κ1) is 13.5. The molecule has 1 saturated carbocycles. The number of carbonyl (C=O) groups is 1. The van der Waals surface area contributed by atoms with E-state index >= 15 is 0 Å². The molecule has 1 amide bonds. The third-order valence-corrected chi connectivity index (χ3v) is 3.54. The average molecular weight is 228 g/mol. The van der Waals surface area contributed by atoms with Crippen LogP contribution in [0.15, 0.2) is 0 Å². The average Bonchev–Trinajstić information content (AvgIpc) is 2.35. The highest BCUT2D eigenvalue weighted by Crippen LogP contribution is 2.34. The molecule has 0 saturated heterocycles. The minimum atomic E-state index is 0.0697. The van der Waals surface area contributed by atoms with Crippen LogP contribution >= 0.6 is 0 Å². The van der Waals surface area contributed by atoms with E-state index in [-0.39, 0.29) is 11.3 Å². The highest BCUT2D eigenvalue weighted by atomic mass is 16.5. The van der Waals surface area contributed by atoms with E-state index < -0.39 is 0 Å². The highest BCUT2D eigenvalue weighted by molar-refractivity contribution is 5.75. The Labute approximate surface area is 97.9 Å². The second-order valence-electron chi connectivity index (χ2n) is 4.78. The Hall–Kier alpha value is -0.610. The minimum absolute atomic E-state index is 0.0697. The van der Waals surface area contributed by atoms with Crippen LogP contribution in [0.5, 0.6) is 0 Å².